The molecule has 0 aromatic heterocycles. The molecule has 1 aromatic rings. The highest BCUT2D eigenvalue weighted by Gasteiger charge is 2.12. The van der Waals surface area contributed by atoms with Crippen molar-refractivity contribution in [1.82, 2.24) is 0 Å². The predicted octanol–water partition coefficient (Wildman–Crippen LogP) is 3.60. The zero-order chi connectivity index (χ0) is 10.1. The summed E-state index contributed by atoms with van der Waals surface area (Å²) in [6.45, 7) is 8.31. The normalized spacial score (nSPS) is 14.1. The first-order valence-electron chi connectivity index (χ1n) is 5.42. The molecule has 0 aliphatic heterocycles. The number of allylic oxidation sites excluding steroid dienone is 1. The van der Waals surface area contributed by atoms with Crippen LogP contribution in [0.5, 0.6) is 0 Å². The van der Waals surface area contributed by atoms with Crippen LogP contribution in [-0.4, -0.2) is 0 Å². The van der Waals surface area contributed by atoms with Crippen LogP contribution < -0.4 is 0 Å². The Balaban J connectivity index is 2.37. The summed E-state index contributed by atoms with van der Waals surface area (Å²) in [6, 6.07) is 4.77. The number of hydrogen-bond acceptors (Lipinski definition) is 0. The Morgan fingerprint density at radius 1 is 1.29 bits per heavy atom. The molecule has 0 fully saturated rings. The van der Waals surface area contributed by atoms with Crippen LogP contribution in [0, 0.1) is 6.92 Å². The highest BCUT2D eigenvalue weighted by molar-refractivity contribution is 5.41. The summed E-state index contributed by atoms with van der Waals surface area (Å²) >= 11 is 0. The number of hydrogen-bond donors (Lipinski definition) is 0. The molecule has 0 unspecified atom stereocenters. The minimum absolute atomic E-state index is 1.04. The monoisotopic (exact) mass is 186 g/mol. The van der Waals surface area contributed by atoms with Gasteiger partial charge >= 0.3 is 0 Å². The number of rotatable bonds is 2. The van der Waals surface area contributed by atoms with Gasteiger partial charge in [-0.2, -0.15) is 0 Å². The van der Waals surface area contributed by atoms with Gasteiger partial charge in [-0.1, -0.05) is 24.3 Å². The average Bonchev–Trinajstić information content (AvgIpc) is 2.51. The molecule has 74 valence electrons. The standard InChI is InChI=1S/C14H18/c1-10(2)7-14-9-13-6-4-5-12(13)8-11(14)3/h8-9H,1,4-7H2,2-3H3. The van der Waals surface area contributed by atoms with Crippen molar-refractivity contribution in [2.75, 3.05) is 0 Å². The molecule has 0 saturated heterocycles. The summed E-state index contributed by atoms with van der Waals surface area (Å²) in [5.41, 5.74) is 7.32. The lowest BCUT2D eigenvalue weighted by molar-refractivity contribution is 0.911. The van der Waals surface area contributed by atoms with E-state index in [2.05, 4.69) is 32.6 Å². The second-order valence-corrected chi connectivity index (χ2v) is 4.53. The summed E-state index contributed by atoms with van der Waals surface area (Å²) in [6.07, 6.45) is 4.94. The van der Waals surface area contributed by atoms with Crippen molar-refractivity contribution in [3.05, 3.63) is 46.5 Å². The Bertz CT molecular complexity index is 372. The third-order valence-corrected chi connectivity index (χ3v) is 3.04. The highest BCUT2D eigenvalue weighted by atomic mass is 14.2. The number of fused-ring (bicyclic) bond motifs is 1. The van der Waals surface area contributed by atoms with E-state index in [4.69, 9.17) is 0 Å². The van der Waals surface area contributed by atoms with Crippen LogP contribution in [0.3, 0.4) is 0 Å². The molecule has 0 heterocycles. The van der Waals surface area contributed by atoms with E-state index in [9.17, 15) is 0 Å². The lowest BCUT2D eigenvalue weighted by Gasteiger charge is -2.09. The summed E-state index contributed by atoms with van der Waals surface area (Å²) in [4.78, 5) is 0. The largest absolute Gasteiger partial charge is 0.0998 e. The molecule has 1 aliphatic carbocycles. The Hall–Kier alpha value is -1.04. The average molecular weight is 186 g/mol. The van der Waals surface area contributed by atoms with Crippen molar-refractivity contribution >= 4 is 0 Å². The maximum atomic E-state index is 3.99. The molecule has 0 nitrogen and oxygen atoms in total. The van der Waals surface area contributed by atoms with Crippen LogP contribution >= 0.6 is 0 Å². The maximum Gasteiger partial charge on any atom is -0.00698 e. The molecule has 2 rings (SSSR count). The van der Waals surface area contributed by atoms with Crippen molar-refractivity contribution in [2.24, 2.45) is 0 Å². The second kappa shape index (κ2) is 3.61. The molecule has 0 amide bonds. The Morgan fingerprint density at radius 3 is 2.57 bits per heavy atom. The van der Waals surface area contributed by atoms with E-state index >= 15 is 0 Å². The lowest BCUT2D eigenvalue weighted by atomic mass is 9.97. The van der Waals surface area contributed by atoms with E-state index in [-0.39, 0.29) is 0 Å². The number of benzene rings is 1. The van der Waals surface area contributed by atoms with Gasteiger partial charge in [0.2, 0.25) is 0 Å². The first-order chi connectivity index (χ1) is 6.66. The zero-order valence-electron chi connectivity index (χ0n) is 9.19. The molecule has 0 saturated carbocycles. The van der Waals surface area contributed by atoms with E-state index in [1.54, 1.807) is 11.1 Å². The molecular formula is C14H18. The topological polar surface area (TPSA) is 0 Å². The molecule has 0 radical (unpaired) electrons. The third kappa shape index (κ3) is 1.75. The van der Waals surface area contributed by atoms with Gasteiger partial charge in [0.25, 0.3) is 0 Å². The van der Waals surface area contributed by atoms with Gasteiger partial charge in [0, 0.05) is 0 Å². The summed E-state index contributed by atoms with van der Waals surface area (Å²) in [5, 5.41) is 0. The van der Waals surface area contributed by atoms with Crippen LogP contribution in [0.1, 0.15) is 35.6 Å². The Morgan fingerprint density at radius 2 is 1.93 bits per heavy atom. The third-order valence-electron chi connectivity index (χ3n) is 3.04. The quantitative estimate of drug-likeness (QED) is 0.619. The SMILES string of the molecule is C=C(C)Cc1cc2c(cc1C)CCC2. The van der Waals surface area contributed by atoms with Crippen molar-refractivity contribution in [3.63, 3.8) is 0 Å². The van der Waals surface area contributed by atoms with Crippen molar-refractivity contribution in [3.8, 4) is 0 Å². The van der Waals surface area contributed by atoms with Crippen molar-refractivity contribution < 1.29 is 0 Å². The number of aryl methyl sites for hydroxylation is 3. The predicted molar refractivity (Wildman–Crippen MR) is 61.7 cm³/mol. The van der Waals surface area contributed by atoms with Gasteiger partial charge in [-0.25, -0.2) is 0 Å². The van der Waals surface area contributed by atoms with Gasteiger partial charge in [-0.05, 0) is 61.8 Å². The molecule has 0 spiro atoms. The van der Waals surface area contributed by atoms with Gasteiger partial charge in [0.05, 0.1) is 0 Å². The summed E-state index contributed by atoms with van der Waals surface area (Å²) in [5.74, 6) is 0. The zero-order valence-corrected chi connectivity index (χ0v) is 9.19. The first kappa shape index (κ1) is 9.51. The van der Waals surface area contributed by atoms with Crippen LogP contribution in [0.2, 0.25) is 0 Å². The van der Waals surface area contributed by atoms with Gasteiger partial charge in [-0.3, -0.25) is 0 Å². The molecule has 0 heteroatoms. The molecular weight excluding hydrogens is 168 g/mol. The fraction of sp³-hybridized carbons (Fsp3) is 0.429. The van der Waals surface area contributed by atoms with Gasteiger partial charge in [0.15, 0.2) is 0 Å². The molecule has 0 atom stereocenters. The Labute approximate surface area is 86.7 Å². The van der Waals surface area contributed by atoms with Crippen molar-refractivity contribution in [1.29, 1.82) is 0 Å². The fourth-order valence-corrected chi connectivity index (χ4v) is 2.31. The maximum absolute atomic E-state index is 3.99. The van der Waals surface area contributed by atoms with Gasteiger partial charge in [-0.15, -0.1) is 0 Å². The van der Waals surface area contributed by atoms with Crippen LogP contribution in [0.15, 0.2) is 24.3 Å². The van der Waals surface area contributed by atoms with E-state index in [0.717, 1.165) is 6.42 Å². The van der Waals surface area contributed by atoms with Crippen LogP contribution in [-0.2, 0) is 19.3 Å². The second-order valence-electron chi connectivity index (χ2n) is 4.53. The molecule has 0 bridgehead atoms. The fourth-order valence-electron chi connectivity index (χ4n) is 2.31. The minimum Gasteiger partial charge on any atom is -0.0998 e. The van der Waals surface area contributed by atoms with Gasteiger partial charge < -0.3 is 0 Å². The van der Waals surface area contributed by atoms with E-state index in [1.807, 2.05) is 0 Å². The van der Waals surface area contributed by atoms with Crippen molar-refractivity contribution in [2.45, 2.75) is 39.5 Å². The first-order valence-corrected chi connectivity index (χ1v) is 5.42. The summed E-state index contributed by atoms with van der Waals surface area (Å²) in [7, 11) is 0. The highest BCUT2D eigenvalue weighted by Crippen LogP contribution is 2.26. The summed E-state index contributed by atoms with van der Waals surface area (Å²) < 4.78 is 0. The smallest absolute Gasteiger partial charge is 0.00698 e. The molecule has 14 heavy (non-hydrogen) atoms. The van der Waals surface area contributed by atoms with E-state index in [0.29, 0.717) is 0 Å². The molecule has 1 aromatic carbocycles. The van der Waals surface area contributed by atoms with Gasteiger partial charge in [0.1, 0.15) is 0 Å². The minimum atomic E-state index is 1.04. The van der Waals surface area contributed by atoms with E-state index < -0.39 is 0 Å². The lowest BCUT2D eigenvalue weighted by Crippen LogP contribution is -1.94. The van der Waals surface area contributed by atoms with Crippen LogP contribution in [0.25, 0.3) is 0 Å². The van der Waals surface area contributed by atoms with E-state index in [1.165, 1.54) is 36.0 Å². The van der Waals surface area contributed by atoms with Crippen LogP contribution in [0.4, 0.5) is 0 Å². The Kier molecular flexibility index (Phi) is 2.45. The molecule has 0 N–H and O–H groups in total. The molecule has 1 aliphatic rings.